The van der Waals surface area contributed by atoms with Gasteiger partial charge in [0.2, 0.25) is 0 Å². The summed E-state index contributed by atoms with van der Waals surface area (Å²) in [6.45, 7) is 0.379. The molecule has 1 N–H and O–H groups in total. The maximum atomic E-state index is 11.0. The first-order valence-electron chi connectivity index (χ1n) is 5.88. The molecule has 20 heavy (non-hydrogen) atoms. The second-order valence-electron chi connectivity index (χ2n) is 4.08. The summed E-state index contributed by atoms with van der Waals surface area (Å²) in [5.74, 6) is 0.374. The van der Waals surface area contributed by atoms with E-state index in [-0.39, 0.29) is 5.56 Å². The standard InChI is InChI=1S/C15H13IO4/c1-19-11-4-2-10(3-5-11)9-20-12-6-7-14(16)13(8-12)15(17)18/h2-8H,9H2,1H3,(H,17,18). The SMILES string of the molecule is COc1ccc(COc2ccc(I)c(C(=O)O)c2)cc1. The monoisotopic (exact) mass is 384 g/mol. The van der Waals surface area contributed by atoms with E-state index < -0.39 is 5.97 Å². The van der Waals surface area contributed by atoms with Gasteiger partial charge in [0.1, 0.15) is 18.1 Å². The third-order valence-electron chi connectivity index (χ3n) is 2.73. The molecule has 0 aromatic heterocycles. The molecule has 5 heteroatoms. The Morgan fingerprint density at radius 3 is 2.40 bits per heavy atom. The summed E-state index contributed by atoms with van der Waals surface area (Å²) in [6, 6.07) is 12.6. The Labute approximate surface area is 130 Å². The van der Waals surface area contributed by atoms with Gasteiger partial charge < -0.3 is 14.6 Å². The number of hydrogen-bond donors (Lipinski definition) is 1. The fraction of sp³-hybridized carbons (Fsp3) is 0.133. The average molecular weight is 384 g/mol. The molecule has 0 bridgehead atoms. The molecule has 0 unspecified atom stereocenters. The molecule has 0 heterocycles. The minimum absolute atomic E-state index is 0.248. The quantitative estimate of drug-likeness (QED) is 0.801. The predicted molar refractivity (Wildman–Crippen MR) is 83.4 cm³/mol. The van der Waals surface area contributed by atoms with Crippen LogP contribution in [0.3, 0.4) is 0 Å². The number of aromatic carboxylic acids is 1. The van der Waals surface area contributed by atoms with Crippen LogP contribution in [-0.2, 0) is 6.61 Å². The molecule has 0 atom stereocenters. The molecule has 2 aromatic rings. The molecule has 4 nitrogen and oxygen atoms in total. The molecule has 0 aliphatic carbocycles. The Kier molecular flexibility index (Phi) is 4.84. The van der Waals surface area contributed by atoms with Gasteiger partial charge in [0.05, 0.1) is 12.7 Å². The molecule has 0 spiro atoms. The maximum absolute atomic E-state index is 11.0. The van der Waals surface area contributed by atoms with Gasteiger partial charge in [0.25, 0.3) is 0 Å². The molecule has 0 aliphatic rings. The zero-order chi connectivity index (χ0) is 14.5. The number of carboxylic acids is 1. The highest BCUT2D eigenvalue weighted by Gasteiger charge is 2.09. The normalized spacial score (nSPS) is 10.1. The van der Waals surface area contributed by atoms with Gasteiger partial charge in [-0.3, -0.25) is 0 Å². The summed E-state index contributed by atoms with van der Waals surface area (Å²) in [5.41, 5.74) is 1.24. The summed E-state index contributed by atoms with van der Waals surface area (Å²) in [6.07, 6.45) is 0. The second-order valence-corrected chi connectivity index (χ2v) is 5.25. The van der Waals surface area contributed by atoms with E-state index >= 15 is 0 Å². The lowest BCUT2D eigenvalue weighted by molar-refractivity contribution is 0.0695. The van der Waals surface area contributed by atoms with E-state index in [2.05, 4.69) is 0 Å². The first-order chi connectivity index (χ1) is 9.60. The number of ether oxygens (including phenoxy) is 2. The van der Waals surface area contributed by atoms with Crippen LogP contribution in [0.4, 0.5) is 0 Å². The van der Waals surface area contributed by atoms with Crippen LogP contribution in [0.2, 0.25) is 0 Å². The molecule has 2 rings (SSSR count). The highest BCUT2D eigenvalue weighted by Crippen LogP contribution is 2.21. The van der Waals surface area contributed by atoms with Crippen molar-refractivity contribution in [3.05, 3.63) is 57.2 Å². The number of rotatable bonds is 5. The molecule has 0 fully saturated rings. The van der Waals surface area contributed by atoms with E-state index in [0.717, 1.165) is 11.3 Å². The van der Waals surface area contributed by atoms with Crippen LogP contribution in [0.1, 0.15) is 15.9 Å². The number of carboxylic acid groups (broad SMARTS) is 1. The summed E-state index contributed by atoms with van der Waals surface area (Å²) in [7, 11) is 1.62. The van der Waals surface area contributed by atoms with E-state index in [4.69, 9.17) is 14.6 Å². The van der Waals surface area contributed by atoms with Gasteiger partial charge in [0, 0.05) is 3.57 Å². The summed E-state index contributed by atoms with van der Waals surface area (Å²) < 4.78 is 11.4. The molecule has 2 aromatic carbocycles. The Hall–Kier alpha value is -1.76. The molecular weight excluding hydrogens is 371 g/mol. The number of benzene rings is 2. The minimum atomic E-state index is -0.954. The van der Waals surface area contributed by atoms with Crippen LogP contribution in [0, 0.1) is 3.57 Å². The van der Waals surface area contributed by atoms with Crippen molar-refractivity contribution in [2.45, 2.75) is 6.61 Å². The fourth-order valence-electron chi connectivity index (χ4n) is 1.65. The topological polar surface area (TPSA) is 55.8 Å². The van der Waals surface area contributed by atoms with E-state index in [0.29, 0.717) is 15.9 Å². The third-order valence-corrected chi connectivity index (χ3v) is 3.67. The number of halogens is 1. The Morgan fingerprint density at radius 1 is 1.15 bits per heavy atom. The molecule has 0 aliphatic heterocycles. The van der Waals surface area contributed by atoms with Crippen LogP contribution in [0.25, 0.3) is 0 Å². The van der Waals surface area contributed by atoms with Gasteiger partial charge in [-0.05, 0) is 58.5 Å². The highest BCUT2D eigenvalue weighted by atomic mass is 127. The predicted octanol–water partition coefficient (Wildman–Crippen LogP) is 3.58. The first kappa shape index (κ1) is 14.6. The number of carbonyl (C=O) groups is 1. The lowest BCUT2D eigenvalue weighted by Gasteiger charge is -2.08. The molecule has 0 radical (unpaired) electrons. The van der Waals surface area contributed by atoms with E-state index in [1.54, 1.807) is 19.2 Å². The second kappa shape index (κ2) is 6.60. The van der Waals surface area contributed by atoms with Gasteiger partial charge >= 0.3 is 5.97 Å². The van der Waals surface area contributed by atoms with Crippen molar-refractivity contribution in [1.29, 1.82) is 0 Å². The zero-order valence-electron chi connectivity index (χ0n) is 10.8. The van der Waals surface area contributed by atoms with Gasteiger partial charge in [-0.1, -0.05) is 12.1 Å². The van der Waals surface area contributed by atoms with Gasteiger partial charge in [-0.25, -0.2) is 4.79 Å². The molecule has 104 valence electrons. The fourth-order valence-corrected chi connectivity index (χ4v) is 2.21. The van der Waals surface area contributed by atoms with Crippen molar-refractivity contribution >= 4 is 28.6 Å². The molecular formula is C15H13IO4. The smallest absolute Gasteiger partial charge is 0.336 e. The molecule has 0 amide bonds. The molecule has 0 saturated carbocycles. The highest BCUT2D eigenvalue weighted by molar-refractivity contribution is 14.1. The van der Waals surface area contributed by atoms with Crippen molar-refractivity contribution in [3.8, 4) is 11.5 Å². The van der Waals surface area contributed by atoms with Crippen molar-refractivity contribution in [2.75, 3.05) is 7.11 Å². The van der Waals surface area contributed by atoms with E-state index in [1.807, 2.05) is 46.9 Å². The van der Waals surface area contributed by atoms with Crippen LogP contribution in [-0.4, -0.2) is 18.2 Å². The van der Waals surface area contributed by atoms with Gasteiger partial charge in [-0.2, -0.15) is 0 Å². The number of hydrogen-bond acceptors (Lipinski definition) is 3. The average Bonchev–Trinajstić information content (AvgIpc) is 2.46. The van der Waals surface area contributed by atoms with Crippen LogP contribution < -0.4 is 9.47 Å². The third kappa shape index (κ3) is 3.63. The maximum Gasteiger partial charge on any atom is 0.336 e. The summed E-state index contributed by atoms with van der Waals surface area (Å²) >= 11 is 1.99. The summed E-state index contributed by atoms with van der Waals surface area (Å²) in [5, 5.41) is 9.06. The number of methoxy groups -OCH3 is 1. The lowest BCUT2D eigenvalue weighted by atomic mass is 10.2. The van der Waals surface area contributed by atoms with Crippen molar-refractivity contribution in [3.63, 3.8) is 0 Å². The van der Waals surface area contributed by atoms with Crippen molar-refractivity contribution in [2.24, 2.45) is 0 Å². The summed E-state index contributed by atoms with van der Waals surface area (Å²) in [4.78, 5) is 11.0. The van der Waals surface area contributed by atoms with Gasteiger partial charge in [-0.15, -0.1) is 0 Å². The molecule has 0 saturated heterocycles. The van der Waals surface area contributed by atoms with E-state index in [1.165, 1.54) is 6.07 Å². The Balaban J connectivity index is 2.06. The largest absolute Gasteiger partial charge is 0.497 e. The van der Waals surface area contributed by atoms with Crippen LogP contribution >= 0.6 is 22.6 Å². The van der Waals surface area contributed by atoms with Crippen molar-refractivity contribution < 1.29 is 19.4 Å². The Bertz CT molecular complexity index is 608. The zero-order valence-corrected chi connectivity index (χ0v) is 13.0. The first-order valence-corrected chi connectivity index (χ1v) is 6.96. The van der Waals surface area contributed by atoms with Gasteiger partial charge in [0.15, 0.2) is 0 Å². The Morgan fingerprint density at radius 2 is 1.80 bits per heavy atom. The van der Waals surface area contributed by atoms with Crippen LogP contribution in [0.5, 0.6) is 11.5 Å². The van der Waals surface area contributed by atoms with Crippen molar-refractivity contribution in [1.82, 2.24) is 0 Å². The van der Waals surface area contributed by atoms with Crippen LogP contribution in [0.15, 0.2) is 42.5 Å². The van der Waals surface area contributed by atoms with E-state index in [9.17, 15) is 4.79 Å². The minimum Gasteiger partial charge on any atom is -0.497 e. The lowest BCUT2D eigenvalue weighted by Crippen LogP contribution is -2.01.